The fraction of sp³-hybridized carbons (Fsp3) is 0.727. The number of likely N-dealkylation sites (tertiary alicyclic amines) is 1. The Hall–Kier alpha value is -0.830. The number of nitrogens with one attached hydrogen (secondary N) is 1. The predicted octanol–water partition coefficient (Wildman–Crippen LogP) is 1.16. The van der Waals surface area contributed by atoms with E-state index in [2.05, 4.69) is 23.8 Å². The van der Waals surface area contributed by atoms with Crippen LogP contribution in [0.3, 0.4) is 0 Å². The highest BCUT2D eigenvalue weighted by Crippen LogP contribution is 2.09. The van der Waals surface area contributed by atoms with Gasteiger partial charge in [0, 0.05) is 11.6 Å². The van der Waals surface area contributed by atoms with Gasteiger partial charge in [-0.25, -0.2) is 0 Å². The minimum atomic E-state index is 0.0297. The summed E-state index contributed by atoms with van der Waals surface area (Å²) in [5.41, 5.74) is 0.684. The van der Waals surface area contributed by atoms with Crippen molar-refractivity contribution in [2.24, 2.45) is 0 Å². The number of rotatable bonds is 3. The largest absolute Gasteiger partial charge is 0.350 e. The molecule has 0 aliphatic carbocycles. The Morgan fingerprint density at radius 2 is 2.07 bits per heavy atom. The van der Waals surface area contributed by atoms with E-state index in [0.717, 1.165) is 32.4 Å². The van der Waals surface area contributed by atoms with Crippen LogP contribution in [0.15, 0.2) is 12.2 Å². The minimum Gasteiger partial charge on any atom is -0.350 e. The first kappa shape index (κ1) is 11.2. The van der Waals surface area contributed by atoms with Crippen LogP contribution in [0.1, 0.15) is 26.2 Å². The molecule has 1 amide bonds. The molecule has 0 aromatic carbocycles. The van der Waals surface area contributed by atoms with Crippen LogP contribution in [-0.2, 0) is 4.79 Å². The Balaban J connectivity index is 2.31. The topological polar surface area (TPSA) is 32.3 Å². The summed E-state index contributed by atoms with van der Waals surface area (Å²) in [6.45, 7) is 7.83. The number of carbonyl (C=O) groups is 1. The smallest absolute Gasteiger partial charge is 0.246 e. The highest BCUT2D eigenvalue weighted by atomic mass is 16.1. The van der Waals surface area contributed by atoms with Crippen molar-refractivity contribution in [1.82, 2.24) is 10.2 Å². The van der Waals surface area contributed by atoms with Gasteiger partial charge in [-0.15, -0.1) is 0 Å². The predicted molar refractivity (Wildman–Crippen MR) is 58.1 cm³/mol. The number of piperidine rings is 1. The normalized spacial score (nSPS) is 19.3. The molecule has 0 unspecified atom stereocenters. The summed E-state index contributed by atoms with van der Waals surface area (Å²) in [5, 5.41) is 3.02. The lowest BCUT2D eigenvalue weighted by Gasteiger charge is -2.29. The van der Waals surface area contributed by atoms with Crippen LogP contribution in [0.2, 0.25) is 0 Å². The number of carbonyl (C=O) groups excluding carboxylic acids is 1. The Kier molecular flexibility index (Phi) is 4.14. The first-order chi connectivity index (χ1) is 6.63. The fourth-order valence-electron chi connectivity index (χ4n) is 1.60. The van der Waals surface area contributed by atoms with Crippen molar-refractivity contribution in [3.63, 3.8) is 0 Å². The van der Waals surface area contributed by atoms with Crippen molar-refractivity contribution < 1.29 is 4.79 Å². The molecule has 1 N–H and O–H groups in total. The van der Waals surface area contributed by atoms with E-state index in [0.29, 0.717) is 11.6 Å². The van der Waals surface area contributed by atoms with Crippen LogP contribution in [0.4, 0.5) is 0 Å². The summed E-state index contributed by atoms with van der Waals surface area (Å²) in [6, 6.07) is 0.349. The van der Waals surface area contributed by atoms with Crippen molar-refractivity contribution in [2.75, 3.05) is 20.1 Å². The highest BCUT2D eigenvalue weighted by molar-refractivity contribution is 5.92. The number of hydrogen-bond donors (Lipinski definition) is 1. The quantitative estimate of drug-likeness (QED) is 0.687. The average molecular weight is 196 g/mol. The van der Waals surface area contributed by atoms with E-state index < -0.39 is 0 Å². The molecule has 1 fully saturated rings. The number of nitrogens with zero attached hydrogens (tertiary/aromatic N) is 1. The first-order valence-electron chi connectivity index (χ1n) is 5.30. The molecular weight excluding hydrogens is 176 g/mol. The Morgan fingerprint density at radius 1 is 1.50 bits per heavy atom. The molecule has 0 aromatic rings. The maximum Gasteiger partial charge on any atom is 0.246 e. The highest BCUT2D eigenvalue weighted by Gasteiger charge is 2.18. The van der Waals surface area contributed by atoms with Crippen molar-refractivity contribution in [3.05, 3.63) is 12.2 Å². The van der Waals surface area contributed by atoms with Crippen LogP contribution in [0, 0.1) is 0 Å². The molecule has 1 heterocycles. The summed E-state index contributed by atoms with van der Waals surface area (Å²) >= 11 is 0. The Morgan fingerprint density at radius 3 is 2.57 bits per heavy atom. The molecule has 0 saturated carbocycles. The van der Waals surface area contributed by atoms with Gasteiger partial charge in [0.05, 0.1) is 0 Å². The van der Waals surface area contributed by atoms with E-state index in [1.807, 2.05) is 6.92 Å². The SMILES string of the molecule is C=C(CC)C(=O)NC1CCN(C)CC1. The van der Waals surface area contributed by atoms with Crippen LogP contribution < -0.4 is 5.32 Å². The molecule has 3 heteroatoms. The molecule has 1 rings (SSSR count). The zero-order valence-corrected chi connectivity index (χ0v) is 9.18. The number of amides is 1. The molecule has 0 aromatic heterocycles. The lowest BCUT2D eigenvalue weighted by Crippen LogP contribution is -2.43. The zero-order valence-electron chi connectivity index (χ0n) is 9.18. The third-order valence-corrected chi connectivity index (χ3v) is 2.80. The van der Waals surface area contributed by atoms with Gasteiger partial charge < -0.3 is 10.2 Å². The van der Waals surface area contributed by atoms with Gasteiger partial charge in [-0.3, -0.25) is 4.79 Å². The van der Waals surface area contributed by atoms with E-state index in [-0.39, 0.29) is 5.91 Å². The molecule has 1 aliphatic rings. The van der Waals surface area contributed by atoms with Gasteiger partial charge in [-0.2, -0.15) is 0 Å². The van der Waals surface area contributed by atoms with E-state index in [1.165, 1.54) is 0 Å². The monoisotopic (exact) mass is 196 g/mol. The van der Waals surface area contributed by atoms with Gasteiger partial charge >= 0.3 is 0 Å². The minimum absolute atomic E-state index is 0.0297. The van der Waals surface area contributed by atoms with Crippen LogP contribution in [-0.4, -0.2) is 37.0 Å². The van der Waals surface area contributed by atoms with E-state index >= 15 is 0 Å². The average Bonchev–Trinajstić information content (AvgIpc) is 2.20. The van der Waals surface area contributed by atoms with Gasteiger partial charge in [-0.05, 0) is 39.4 Å². The van der Waals surface area contributed by atoms with Crippen molar-refractivity contribution in [3.8, 4) is 0 Å². The van der Waals surface area contributed by atoms with Crippen LogP contribution in [0.25, 0.3) is 0 Å². The Labute approximate surface area is 86.2 Å². The molecule has 0 spiro atoms. The molecule has 14 heavy (non-hydrogen) atoms. The second-order valence-corrected chi connectivity index (χ2v) is 4.01. The summed E-state index contributed by atoms with van der Waals surface area (Å²) in [4.78, 5) is 13.8. The summed E-state index contributed by atoms with van der Waals surface area (Å²) in [5.74, 6) is 0.0297. The van der Waals surface area contributed by atoms with Gasteiger partial charge in [0.15, 0.2) is 0 Å². The fourth-order valence-corrected chi connectivity index (χ4v) is 1.60. The van der Waals surface area contributed by atoms with E-state index in [4.69, 9.17) is 0 Å². The molecule has 0 radical (unpaired) electrons. The second kappa shape index (κ2) is 5.15. The molecule has 1 saturated heterocycles. The van der Waals surface area contributed by atoms with Gasteiger partial charge in [0.2, 0.25) is 5.91 Å². The molecule has 0 bridgehead atoms. The van der Waals surface area contributed by atoms with Crippen LogP contribution >= 0.6 is 0 Å². The third-order valence-electron chi connectivity index (χ3n) is 2.80. The number of hydrogen-bond acceptors (Lipinski definition) is 2. The molecule has 1 aliphatic heterocycles. The van der Waals surface area contributed by atoms with E-state index in [1.54, 1.807) is 0 Å². The van der Waals surface area contributed by atoms with Crippen LogP contribution in [0.5, 0.6) is 0 Å². The summed E-state index contributed by atoms with van der Waals surface area (Å²) < 4.78 is 0. The lowest BCUT2D eigenvalue weighted by atomic mass is 10.0. The maximum atomic E-state index is 11.5. The van der Waals surface area contributed by atoms with Crippen molar-refractivity contribution >= 4 is 5.91 Å². The summed E-state index contributed by atoms with van der Waals surface area (Å²) in [7, 11) is 2.11. The lowest BCUT2D eigenvalue weighted by molar-refractivity contribution is -0.118. The van der Waals surface area contributed by atoms with Crippen molar-refractivity contribution in [1.29, 1.82) is 0 Å². The molecule has 3 nitrogen and oxygen atoms in total. The second-order valence-electron chi connectivity index (χ2n) is 4.01. The van der Waals surface area contributed by atoms with Gasteiger partial charge in [-0.1, -0.05) is 13.5 Å². The first-order valence-corrected chi connectivity index (χ1v) is 5.30. The van der Waals surface area contributed by atoms with E-state index in [9.17, 15) is 4.79 Å². The summed E-state index contributed by atoms with van der Waals surface area (Å²) in [6.07, 6.45) is 2.84. The standard InChI is InChI=1S/C11H20N2O/c1-4-9(2)11(14)12-10-5-7-13(3)8-6-10/h10H,2,4-8H2,1,3H3,(H,12,14). The maximum absolute atomic E-state index is 11.5. The zero-order chi connectivity index (χ0) is 10.6. The van der Waals surface area contributed by atoms with Gasteiger partial charge in [0.1, 0.15) is 0 Å². The molecular formula is C11H20N2O. The third kappa shape index (κ3) is 3.14. The molecule has 0 atom stereocenters. The van der Waals surface area contributed by atoms with Gasteiger partial charge in [0.25, 0.3) is 0 Å². The van der Waals surface area contributed by atoms with Crippen molar-refractivity contribution in [2.45, 2.75) is 32.2 Å². The molecule has 80 valence electrons. The Bertz CT molecular complexity index is 217.